The Morgan fingerprint density at radius 2 is 1.75 bits per heavy atom. The number of rotatable bonds is 11. The number of esters is 3. The van der Waals surface area contributed by atoms with Crippen molar-refractivity contribution in [1.82, 2.24) is 4.68 Å². The van der Waals surface area contributed by atoms with Crippen LogP contribution in [0.2, 0.25) is 5.02 Å². The third-order valence-corrected chi connectivity index (χ3v) is 7.30. The van der Waals surface area contributed by atoms with E-state index in [1.54, 1.807) is 24.8 Å². The fourth-order valence-electron chi connectivity index (χ4n) is 5.26. The number of benzene rings is 1. The molecule has 1 aromatic carbocycles. The fourth-order valence-corrected chi connectivity index (χ4v) is 5.47. The molecular weight excluding hydrogens is 544 g/mol. The Labute approximate surface area is 236 Å². The van der Waals surface area contributed by atoms with Gasteiger partial charge in [0.1, 0.15) is 30.1 Å². The Morgan fingerprint density at radius 3 is 2.38 bits per heavy atom. The van der Waals surface area contributed by atoms with Crippen LogP contribution in [0.4, 0.5) is 0 Å². The van der Waals surface area contributed by atoms with E-state index in [1.165, 1.54) is 26.1 Å². The van der Waals surface area contributed by atoms with E-state index in [0.717, 1.165) is 5.56 Å². The number of carbonyl (C=O) groups excluding carboxylic acids is 3. The van der Waals surface area contributed by atoms with Gasteiger partial charge in [-0.3, -0.25) is 24.1 Å². The molecule has 2 aliphatic rings. The molecule has 0 spiro atoms. The van der Waals surface area contributed by atoms with E-state index < -0.39 is 28.9 Å². The van der Waals surface area contributed by atoms with E-state index in [-0.39, 0.29) is 31.4 Å². The van der Waals surface area contributed by atoms with E-state index in [0.29, 0.717) is 54.5 Å². The van der Waals surface area contributed by atoms with E-state index in [1.807, 2.05) is 11.1 Å². The van der Waals surface area contributed by atoms with E-state index >= 15 is 0 Å². The van der Waals surface area contributed by atoms with Crippen LogP contribution < -0.4 is 15.2 Å². The zero-order valence-corrected chi connectivity index (χ0v) is 23.7. The number of pyridine rings is 1. The van der Waals surface area contributed by atoms with Gasteiger partial charge in [0.2, 0.25) is 0 Å². The average Bonchev–Trinajstić information content (AvgIpc) is 3.29. The van der Waals surface area contributed by atoms with Gasteiger partial charge in [-0.2, -0.15) is 0 Å². The van der Waals surface area contributed by atoms with Gasteiger partial charge in [-0.1, -0.05) is 11.6 Å². The maximum atomic E-state index is 13.1. The lowest BCUT2D eigenvalue weighted by atomic mass is 9.94. The predicted octanol–water partition coefficient (Wildman–Crippen LogP) is 3.41. The van der Waals surface area contributed by atoms with Gasteiger partial charge >= 0.3 is 17.9 Å². The number of halogens is 1. The highest BCUT2D eigenvalue weighted by atomic mass is 35.5. The van der Waals surface area contributed by atoms with Crippen LogP contribution in [0.3, 0.4) is 0 Å². The first-order valence-electron chi connectivity index (χ1n) is 13.1. The molecule has 1 saturated heterocycles. The minimum absolute atomic E-state index is 0.0876. The second-order valence-corrected chi connectivity index (χ2v) is 10.2. The minimum Gasteiger partial charge on any atom is -0.492 e. The summed E-state index contributed by atoms with van der Waals surface area (Å²) in [7, 11) is 1.62. The molecule has 216 valence electrons. The molecule has 0 aliphatic carbocycles. The molecule has 1 atom stereocenters. The molecule has 2 aliphatic heterocycles. The molecule has 2 aromatic rings. The largest absolute Gasteiger partial charge is 0.492 e. The van der Waals surface area contributed by atoms with Crippen LogP contribution in [0.25, 0.3) is 11.3 Å². The molecule has 1 aromatic heterocycles. The highest BCUT2D eigenvalue weighted by Gasteiger charge is 2.52. The van der Waals surface area contributed by atoms with Crippen molar-refractivity contribution in [3.8, 4) is 17.0 Å². The van der Waals surface area contributed by atoms with Crippen molar-refractivity contribution in [3.05, 3.63) is 50.8 Å². The number of nitrogens with zero attached hydrogens (tertiary/aromatic N) is 2. The van der Waals surface area contributed by atoms with Crippen molar-refractivity contribution in [1.29, 1.82) is 0 Å². The van der Waals surface area contributed by atoms with Gasteiger partial charge in [-0.25, -0.2) is 4.79 Å². The molecule has 0 unspecified atom stereocenters. The van der Waals surface area contributed by atoms with Crippen molar-refractivity contribution in [2.24, 2.45) is 0 Å². The summed E-state index contributed by atoms with van der Waals surface area (Å²) in [6, 6.07) is 4.64. The fraction of sp³-hybridized carbons (Fsp3) is 0.500. The maximum absolute atomic E-state index is 13.1. The Morgan fingerprint density at radius 1 is 1.05 bits per heavy atom. The molecule has 3 heterocycles. The smallest absolute Gasteiger partial charge is 0.343 e. The van der Waals surface area contributed by atoms with Gasteiger partial charge in [0.05, 0.1) is 30.0 Å². The van der Waals surface area contributed by atoms with Gasteiger partial charge in [0, 0.05) is 51.8 Å². The standard InChI is InChI=1S/C28H33ClN2O9/c1-5-37-27(35)21-14-30-24(13-25(21)34)19-11-22(29)26(38-10-6-9-36-4)12-20(19)23-7-8-28(31(23)30,15-39-17(2)32)16-40-18(3)33/h11-14,23H,5-10,15-16H2,1-4H3/t23-/m1/s1. The highest BCUT2D eigenvalue weighted by molar-refractivity contribution is 6.32. The van der Waals surface area contributed by atoms with Crippen molar-refractivity contribution in [2.45, 2.75) is 51.6 Å². The summed E-state index contributed by atoms with van der Waals surface area (Å²) in [4.78, 5) is 49.6. The Bertz CT molecular complexity index is 1340. The second kappa shape index (κ2) is 12.3. The molecular formula is C28H33ClN2O9. The Hall–Kier alpha value is -3.57. The number of methoxy groups -OCH3 is 1. The lowest BCUT2D eigenvalue weighted by Crippen LogP contribution is -2.59. The summed E-state index contributed by atoms with van der Waals surface area (Å²) in [5.41, 5.74) is 0.330. The number of ether oxygens (including phenoxy) is 5. The van der Waals surface area contributed by atoms with Gasteiger partial charge in [0.25, 0.3) is 0 Å². The zero-order valence-electron chi connectivity index (χ0n) is 23.0. The SMILES string of the molecule is CCOC(=O)c1cn2c(cc1=O)-c1cc(Cl)c(OCCCOC)cc1[C@H]1CCC(COC(C)=O)(COC(C)=O)N12. The third kappa shape index (κ3) is 5.80. The number of hydrogen-bond donors (Lipinski definition) is 0. The van der Waals surface area contributed by atoms with Crippen LogP contribution in [0, 0.1) is 0 Å². The predicted molar refractivity (Wildman–Crippen MR) is 145 cm³/mol. The normalized spacial score (nSPS) is 16.4. The summed E-state index contributed by atoms with van der Waals surface area (Å²) in [6.45, 7) is 5.11. The van der Waals surface area contributed by atoms with Crippen LogP contribution in [0.15, 0.2) is 29.2 Å². The van der Waals surface area contributed by atoms with Gasteiger partial charge < -0.3 is 23.7 Å². The van der Waals surface area contributed by atoms with E-state index in [4.69, 9.17) is 35.3 Å². The van der Waals surface area contributed by atoms with Crippen LogP contribution in [-0.4, -0.2) is 68.3 Å². The van der Waals surface area contributed by atoms with Crippen LogP contribution in [0.1, 0.15) is 62.0 Å². The first-order chi connectivity index (χ1) is 19.1. The molecule has 0 bridgehead atoms. The quantitative estimate of drug-likeness (QED) is 0.223. The molecule has 0 radical (unpaired) electrons. The first-order valence-corrected chi connectivity index (χ1v) is 13.5. The minimum atomic E-state index is -0.992. The molecule has 12 heteroatoms. The van der Waals surface area contributed by atoms with Crippen molar-refractivity contribution in [3.63, 3.8) is 0 Å². The van der Waals surface area contributed by atoms with Crippen LogP contribution >= 0.6 is 11.6 Å². The monoisotopic (exact) mass is 576 g/mol. The van der Waals surface area contributed by atoms with Gasteiger partial charge in [0.15, 0.2) is 5.43 Å². The lowest BCUT2D eigenvalue weighted by molar-refractivity contribution is -0.147. The summed E-state index contributed by atoms with van der Waals surface area (Å²) in [5.74, 6) is -1.26. The molecule has 4 rings (SSSR count). The topological polar surface area (TPSA) is 123 Å². The summed E-state index contributed by atoms with van der Waals surface area (Å²) >= 11 is 6.63. The molecule has 0 amide bonds. The Kier molecular flexibility index (Phi) is 9.05. The molecule has 0 N–H and O–H groups in total. The molecule has 0 saturated carbocycles. The number of fused-ring (bicyclic) bond motifs is 6. The van der Waals surface area contributed by atoms with Crippen LogP contribution in [0.5, 0.6) is 5.75 Å². The summed E-state index contributed by atoms with van der Waals surface area (Å²) in [6.07, 6.45) is 3.16. The van der Waals surface area contributed by atoms with Crippen LogP contribution in [-0.2, 0) is 28.5 Å². The molecule has 11 nitrogen and oxygen atoms in total. The van der Waals surface area contributed by atoms with E-state index in [9.17, 15) is 19.2 Å². The highest BCUT2D eigenvalue weighted by Crippen LogP contribution is 2.50. The third-order valence-electron chi connectivity index (χ3n) is 7.00. The average molecular weight is 577 g/mol. The van der Waals surface area contributed by atoms with E-state index in [2.05, 4.69) is 0 Å². The van der Waals surface area contributed by atoms with Crippen molar-refractivity contribution >= 4 is 29.5 Å². The lowest BCUT2D eigenvalue weighted by Gasteiger charge is -2.46. The first kappa shape index (κ1) is 29.4. The molecule has 40 heavy (non-hydrogen) atoms. The summed E-state index contributed by atoms with van der Waals surface area (Å²) < 4.78 is 28.8. The maximum Gasteiger partial charge on any atom is 0.343 e. The van der Waals surface area contributed by atoms with Gasteiger partial charge in [-0.15, -0.1) is 0 Å². The number of hydrogen-bond acceptors (Lipinski definition) is 10. The van der Waals surface area contributed by atoms with Crippen molar-refractivity contribution < 1.29 is 38.1 Å². The number of carbonyl (C=O) groups is 3. The molecule has 1 fully saturated rings. The van der Waals surface area contributed by atoms with Crippen molar-refractivity contribution in [2.75, 3.05) is 45.2 Å². The second-order valence-electron chi connectivity index (χ2n) is 9.75. The Balaban J connectivity index is 1.90. The number of aromatic nitrogens is 1. The van der Waals surface area contributed by atoms with Gasteiger partial charge in [-0.05, 0) is 37.5 Å². The zero-order chi connectivity index (χ0) is 29.0. The summed E-state index contributed by atoms with van der Waals surface area (Å²) in [5, 5.41) is 2.28.